The van der Waals surface area contributed by atoms with Crippen LogP contribution in [-0.4, -0.2) is 60.0 Å². The molecule has 11 nitrogen and oxygen atoms in total. The van der Waals surface area contributed by atoms with Gasteiger partial charge >= 0.3 is 7.82 Å². The number of likely N-dealkylation sites (N-methyl/N-ethyl adjacent to an activating group) is 1. The summed E-state index contributed by atoms with van der Waals surface area (Å²) in [6.07, 6.45) is 0. The number of carbonyl (C=O) groups is 1. The molecule has 0 aliphatic rings. The Bertz CT molecular complexity index is 649. The van der Waals surface area contributed by atoms with Crippen LogP contribution >= 0.6 is 29.4 Å². The lowest BCUT2D eigenvalue weighted by Gasteiger charge is -2.16. The number of rotatable bonds is 13. The minimum absolute atomic E-state index is 0.00870. The molecule has 0 bridgehead atoms. The van der Waals surface area contributed by atoms with E-state index >= 15 is 0 Å². The van der Waals surface area contributed by atoms with Crippen molar-refractivity contribution < 1.29 is 33.9 Å². The quantitative estimate of drug-likeness (QED) is 0.0767. The van der Waals surface area contributed by atoms with Gasteiger partial charge in [-0.3, -0.25) is 9.32 Å². The van der Waals surface area contributed by atoms with E-state index < -0.39 is 13.9 Å². The Morgan fingerprint density at radius 3 is 2.67 bits per heavy atom. The van der Waals surface area contributed by atoms with Crippen LogP contribution in [0.5, 0.6) is 0 Å². The predicted molar refractivity (Wildman–Crippen MR) is 105 cm³/mol. The molecule has 7 N–H and O–H groups in total. The van der Waals surface area contributed by atoms with Crippen molar-refractivity contribution in [3.05, 3.63) is 18.2 Å². The van der Waals surface area contributed by atoms with Crippen LogP contribution in [0.2, 0.25) is 0 Å². The Labute approximate surface area is 164 Å². The second-order valence-corrected chi connectivity index (χ2v) is 8.60. The summed E-state index contributed by atoms with van der Waals surface area (Å²) in [5.74, 6) is 0.156. The van der Waals surface area contributed by atoms with Crippen LogP contribution < -0.4 is 21.4 Å². The Morgan fingerprint density at radius 1 is 1.33 bits per heavy atom. The Kier molecular flexibility index (Phi) is 11.1. The molecular weight excluding hydrogens is 419 g/mol. The highest BCUT2D eigenvalue weighted by atomic mass is 33.1. The smallest absolute Gasteiger partial charge is 0.387 e. The summed E-state index contributed by atoms with van der Waals surface area (Å²) in [5.41, 5.74) is 3.70. The van der Waals surface area contributed by atoms with Crippen molar-refractivity contribution >= 4 is 46.7 Å². The number of amides is 1. The number of phosphoric acid groups is 1. The van der Waals surface area contributed by atoms with E-state index in [0.717, 1.165) is 10.6 Å². The molecule has 0 aromatic heterocycles. The van der Waals surface area contributed by atoms with Gasteiger partial charge in [-0.15, -0.1) is 4.99 Å². The average Bonchev–Trinajstić information content (AvgIpc) is 2.62. The molecule has 1 aromatic rings. The first kappa shape index (κ1) is 24.0. The zero-order chi connectivity index (χ0) is 20.3. The fraction of sp³-hybridized carbons (Fsp3) is 0.462. The second-order valence-electron chi connectivity index (χ2n) is 4.98. The van der Waals surface area contributed by atoms with Crippen molar-refractivity contribution in [3.63, 3.8) is 0 Å². The normalized spacial score (nSPS) is 12.5. The maximum Gasteiger partial charge on any atom is 0.469 e. The molecule has 0 saturated heterocycles. The predicted octanol–water partition coefficient (Wildman–Crippen LogP) is 1.10. The van der Waals surface area contributed by atoms with Gasteiger partial charge in [0.2, 0.25) is 5.91 Å². The van der Waals surface area contributed by atoms with Crippen molar-refractivity contribution in [2.45, 2.75) is 10.9 Å². The number of nitrogens with one attached hydrogen (secondary N) is 4. The lowest BCUT2D eigenvalue weighted by Crippen LogP contribution is -2.45. The maximum absolute atomic E-state index is 12.1. The van der Waals surface area contributed by atoms with E-state index in [-0.39, 0.29) is 19.1 Å². The molecule has 0 aliphatic heterocycles. The largest absolute Gasteiger partial charge is 0.469 e. The molecule has 1 rings (SSSR count). The van der Waals surface area contributed by atoms with Gasteiger partial charge in [-0.1, -0.05) is 21.6 Å². The van der Waals surface area contributed by atoms with Crippen LogP contribution in [0.25, 0.3) is 0 Å². The number of benzene rings is 1. The van der Waals surface area contributed by atoms with Gasteiger partial charge in [-0.2, -0.15) is 0 Å². The zero-order valence-electron chi connectivity index (χ0n) is 14.7. The molecule has 14 heteroatoms. The van der Waals surface area contributed by atoms with Crippen LogP contribution in [0, 0.1) is 0 Å². The fourth-order valence-electron chi connectivity index (χ4n) is 1.83. The van der Waals surface area contributed by atoms with Crippen molar-refractivity contribution in [1.29, 1.82) is 0 Å². The van der Waals surface area contributed by atoms with Gasteiger partial charge in [-0.25, -0.2) is 15.3 Å². The summed E-state index contributed by atoms with van der Waals surface area (Å²) in [4.78, 5) is 34.1. The van der Waals surface area contributed by atoms with E-state index in [0.29, 0.717) is 11.4 Å². The van der Waals surface area contributed by atoms with Gasteiger partial charge in [-0.05, 0) is 25.2 Å². The Hall–Kier alpha value is -1.02. The van der Waals surface area contributed by atoms with Crippen molar-refractivity contribution in [1.82, 2.24) is 10.6 Å². The Morgan fingerprint density at radius 2 is 2.07 bits per heavy atom. The summed E-state index contributed by atoms with van der Waals surface area (Å²) < 4.78 is 14.8. The molecule has 0 spiro atoms. The van der Waals surface area contributed by atoms with Crippen molar-refractivity contribution in [2.75, 3.05) is 43.8 Å². The van der Waals surface area contributed by atoms with Crippen LogP contribution in [0.15, 0.2) is 23.1 Å². The lowest BCUT2D eigenvalue weighted by molar-refractivity contribution is -0.215. The number of anilines is 2. The third-order valence-corrected chi connectivity index (χ3v) is 6.06. The first-order chi connectivity index (χ1) is 12.8. The van der Waals surface area contributed by atoms with Crippen LogP contribution in [0.1, 0.15) is 0 Å². The fourth-order valence-corrected chi connectivity index (χ4v) is 4.61. The summed E-state index contributed by atoms with van der Waals surface area (Å²) in [7, 11) is 1.80. The molecule has 1 amide bonds. The van der Waals surface area contributed by atoms with E-state index in [9.17, 15) is 9.36 Å². The minimum Gasteiger partial charge on any atom is -0.387 e. The Balaban J connectivity index is 2.46. The number of hydrogen-bond acceptors (Lipinski definition) is 10. The molecule has 0 radical (unpaired) electrons. The lowest BCUT2D eigenvalue weighted by atomic mass is 10.3. The van der Waals surface area contributed by atoms with Gasteiger partial charge in [0.05, 0.1) is 24.0 Å². The molecule has 1 atom stereocenters. The molecule has 27 heavy (non-hydrogen) atoms. The maximum atomic E-state index is 12.1. The van der Waals surface area contributed by atoms with E-state index in [1.165, 1.54) is 21.6 Å². The topological polar surface area (TPSA) is 161 Å². The third kappa shape index (κ3) is 9.65. The molecule has 0 aliphatic carbocycles. The monoisotopic (exact) mass is 442 g/mol. The number of carbonyl (C=O) groups excluding carboxylic acids is 1. The van der Waals surface area contributed by atoms with Gasteiger partial charge in [0.15, 0.2) is 0 Å². The highest BCUT2D eigenvalue weighted by Gasteiger charge is 2.18. The van der Waals surface area contributed by atoms with Gasteiger partial charge in [0.25, 0.3) is 0 Å². The summed E-state index contributed by atoms with van der Waals surface area (Å²) >= 11 is 0. The molecule has 154 valence electrons. The van der Waals surface area contributed by atoms with E-state index in [1.807, 2.05) is 6.07 Å². The van der Waals surface area contributed by atoms with Gasteiger partial charge < -0.3 is 25.7 Å². The number of phosphoric ester groups is 1. The van der Waals surface area contributed by atoms with Crippen LogP contribution in [-0.2, 0) is 18.9 Å². The van der Waals surface area contributed by atoms with Gasteiger partial charge in [0, 0.05) is 24.2 Å². The molecule has 1 aromatic carbocycles. The van der Waals surface area contributed by atoms with Gasteiger partial charge in [0.1, 0.15) is 0 Å². The highest BCUT2D eigenvalue weighted by Crippen LogP contribution is 2.38. The first-order valence-corrected chi connectivity index (χ1v) is 11.5. The summed E-state index contributed by atoms with van der Waals surface area (Å²) in [5, 5.41) is 16.9. The van der Waals surface area contributed by atoms with Crippen LogP contribution in [0.3, 0.4) is 0 Å². The van der Waals surface area contributed by atoms with E-state index in [1.54, 1.807) is 26.2 Å². The average molecular weight is 442 g/mol. The molecule has 1 unspecified atom stereocenters. The molecule has 0 fully saturated rings. The first-order valence-electron chi connectivity index (χ1n) is 7.63. The van der Waals surface area contributed by atoms with Crippen molar-refractivity contribution in [3.8, 4) is 0 Å². The summed E-state index contributed by atoms with van der Waals surface area (Å²) in [6.45, 7) is -0.289. The van der Waals surface area contributed by atoms with Crippen LogP contribution in [0.4, 0.5) is 11.4 Å². The SMILES string of the molecule is CNc1cc(NOO)ccc1SSCC(NC)C(=O)NCCOP(=O)(O)O. The second kappa shape index (κ2) is 12.4. The van der Waals surface area contributed by atoms with Crippen molar-refractivity contribution in [2.24, 2.45) is 0 Å². The summed E-state index contributed by atoms with van der Waals surface area (Å²) in [6, 6.07) is 4.82. The third-order valence-electron chi connectivity index (χ3n) is 3.12. The molecule has 0 heterocycles. The number of hydrogen-bond donors (Lipinski definition) is 7. The molecule has 0 saturated carbocycles. The minimum atomic E-state index is -4.53. The molecular formula is C13H23N4O7PS2. The standard InChI is InChI=1S/C13H23N4O7PS2/c1-14-10-7-9(17-24-19)3-4-12(10)27-26-8-11(15-2)13(18)16-5-6-23-25(20,21)22/h3-4,7,11,14-15,17,19H,5-6,8H2,1-2H3,(H,16,18)(H2,20,21,22). The van der Waals surface area contributed by atoms with E-state index in [4.69, 9.17) is 15.0 Å². The highest BCUT2D eigenvalue weighted by molar-refractivity contribution is 8.76. The zero-order valence-corrected chi connectivity index (χ0v) is 17.2. The van der Waals surface area contributed by atoms with E-state index in [2.05, 4.69) is 30.9 Å².